The summed E-state index contributed by atoms with van der Waals surface area (Å²) >= 11 is 0. The molecule has 1 rings (SSSR count). The summed E-state index contributed by atoms with van der Waals surface area (Å²) in [6, 6.07) is 0.936. The second kappa shape index (κ2) is 3.20. The van der Waals surface area contributed by atoms with Gasteiger partial charge >= 0.3 is 6.18 Å². The first kappa shape index (κ1) is 9.76. The zero-order chi connectivity index (χ0) is 10.1. The van der Waals surface area contributed by atoms with Gasteiger partial charge in [-0.1, -0.05) is 0 Å². The van der Waals surface area contributed by atoms with Gasteiger partial charge in [-0.05, 0) is 0 Å². The fraction of sp³-hybridized carbons (Fsp3) is 0.286. The third-order valence-corrected chi connectivity index (χ3v) is 1.31. The molecule has 2 nitrogen and oxygen atoms in total. The van der Waals surface area contributed by atoms with E-state index in [-0.39, 0.29) is 0 Å². The lowest BCUT2D eigenvalue weighted by molar-refractivity contribution is -0.138. The second-order valence-electron chi connectivity index (χ2n) is 2.22. The monoisotopic (exact) mass is 195 g/mol. The van der Waals surface area contributed by atoms with E-state index in [4.69, 9.17) is 0 Å². The van der Waals surface area contributed by atoms with Crippen LogP contribution in [-0.2, 0) is 6.18 Å². The smallest absolute Gasteiger partial charge is 0.416 e. The lowest BCUT2D eigenvalue weighted by Crippen LogP contribution is -2.06. The van der Waals surface area contributed by atoms with Crippen LogP contribution in [-0.4, -0.2) is 12.1 Å². The Balaban J connectivity index is 3.16. The van der Waals surface area contributed by atoms with Crippen LogP contribution in [0.25, 0.3) is 0 Å². The largest absolute Gasteiger partial charge is 0.481 e. The third kappa shape index (κ3) is 2.30. The summed E-state index contributed by atoms with van der Waals surface area (Å²) in [7, 11) is 1.11. The fourth-order valence-electron chi connectivity index (χ4n) is 0.741. The molecule has 0 N–H and O–H groups in total. The van der Waals surface area contributed by atoms with Crippen LogP contribution in [0.1, 0.15) is 5.56 Å². The van der Waals surface area contributed by atoms with E-state index >= 15 is 0 Å². The van der Waals surface area contributed by atoms with Gasteiger partial charge in [-0.2, -0.15) is 22.5 Å². The molecular weight excluding hydrogens is 190 g/mol. The molecule has 0 radical (unpaired) electrons. The predicted molar refractivity (Wildman–Crippen MR) is 35.7 cm³/mol. The average molecular weight is 195 g/mol. The van der Waals surface area contributed by atoms with Crippen LogP contribution in [0, 0.1) is 5.95 Å². The molecule has 13 heavy (non-hydrogen) atoms. The summed E-state index contributed by atoms with van der Waals surface area (Å²) in [4.78, 5) is 3.08. The molecule has 0 saturated carbocycles. The Morgan fingerprint density at radius 1 is 1.31 bits per heavy atom. The molecule has 1 aromatic rings. The highest BCUT2D eigenvalue weighted by molar-refractivity contribution is 5.23. The number of pyridine rings is 1. The van der Waals surface area contributed by atoms with Gasteiger partial charge in [0, 0.05) is 12.1 Å². The number of hydrogen-bond donors (Lipinski definition) is 0. The lowest BCUT2D eigenvalue weighted by Gasteiger charge is -2.07. The maximum atomic E-state index is 12.5. The summed E-state index contributed by atoms with van der Waals surface area (Å²) in [5.41, 5.74) is -1.11. The number of hydrogen-bond acceptors (Lipinski definition) is 2. The average Bonchev–Trinajstić information content (AvgIpc) is 2.01. The fourth-order valence-corrected chi connectivity index (χ4v) is 0.741. The van der Waals surface area contributed by atoms with Crippen molar-refractivity contribution in [3.8, 4) is 5.88 Å². The molecular formula is C7H5F4NO. The van der Waals surface area contributed by atoms with Gasteiger partial charge in [-0.15, -0.1) is 0 Å². The van der Waals surface area contributed by atoms with E-state index in [1.54, 1.807) is 0 Å². The molecule has 0 unspecified atom stereocenters. The molecule has 0 fully saturated rings. The molecule has 1 aromatic heterocycles. The van der Waals surface area contributed by atoms with Gasteiger partial charge in [-0.3, -0.25) is 0 Å². The summed E-state index contributed by atoms with van der Waals surface area (Å²) in [6.07, 6.45) is -4.59. The van der Waals surface area contributed by atoms with Gasteiger partial charge < -0.3 is 4.74 Å². The molecule has 72 valence electrons. The first-order chi connectivity index (χ1) is 5.93. The van der Waals surface area contributed by atoms with E-state index < -0.39 is 23.6 Å². The number of methoxy groups -OCH3 is 1. The van der Waals surface area contributed by atoms with E-state index in [0.717, 1.165) is 7.11 Å². The molecule has 0 aliphatic rings. The molecule has 0 spiro atoms. The van der Waals surface area contributed by atoms with Crippen molar-refractivity contribution in [1.82, 2.24) is 4.98 Å². The summed E-state index contributed by atoms with van der Waals surface area (Å²) in [5, 5.41) is 0. The number of alkyl halides is 3. The van der Waals surface area contributed by atoms with E-state index in [1.807, 2.05) is 0 Å². The molecule has 0 aromatic carbocycles. The van der Waals surface area contributed by atoms with Crippen LogP contribution < -0.4 is 4.74 Å². The van der Waals surface area contributed by atoms with Gasteiger partial charge in [0.1, 0.15) is 0 Å². The summed E-state index contributed by atoms with van der Waals surface area (Å²) in [5.74, 6) is -1.61. The minimum absolute atomic E-state index is 0.308. The number of halogens is 4. The minimum Gasteiger partial charge on any atom is -0.481 e. The zero-order valence-corrected chi connectivity index (χ0v) is 6.52. The van der Waals surface area contributed by atoms with Crippen molar-refractivity contribution in [2.45, 2.75) is 6.18 Å². The van der Waals surface area contributed by atoms with Crippen molar-refractivity contribution < 1.29 is 22.3 Å². The van der Waals surface area contributed by atoms with Crippen molar-refractivity contribution in [3.63, 3.8) is 0 Å². The van der Waals surface area contributed by atoms with Crippen molar-refractivity contribution in [1.29, 1.82) is 0 Å². The van der Waals surface area contributed by atoms with Gasteiger partial charge in [0.25, 0.3) is 0 Å². The molecule has 0 saturated heterocycles. The number of rotatable bonds is 1. The second-order valence-corrected chi connectivity index (χ2v) is 2.22. The van der Waals surface area contributed by atoms with Gasteiger partial charge in [0.15, 0.2) is 0 Å². The van der Waals surface area contributed by atoms with Gasteiger partial charge in [0.2, 0.25) is 11.8 Å². The van der Waals surface area contributed by atoms with Crippen LogP contribution in [0.2, 0.25) is 0 Å². The molecule has 0 bridgehead atoms. The Morgan fingerprint density at radius 3 is 2.38 bits per heavy atom. The number of ether oxygens (including phenoxy) is 1. The van der Waals surface area contributed by atoms with E-state index in [1.165, 1.54) is 0 Å². The van der Waals surface area contributed by atoms with E-state index in [2.05, 4.69) is 9.72 Å². The van der Waals surface area contributed by atoms with Gasteiger partial charge in [-0.25, -0.2) is 0 Å². The van der Waals surface area contributed by atoms with Gasteiger partial charge in [0.05, 0.1) is 12.7 Å². The SMILES string of the molecule is COc1cc(C(F)(F)F)cc(F)n1. The van der Waals surface area contributed by atoms with Crippen molar-refractivity contribution in [3.05, 3.63) is 23.6 Å². The molecule has 0 atom stereocenters. The van der Waals surface area contributed by atoms with Crippen molar-refractivity contribution >= 4 is 0 Å². The standard InChI is InChI=1S/C7H5F4NO/c1-13-6-3-4(7(9,10)11)2-5(8)12-6/h2-3H,1H3. The van der Waals surface area contributed by atoms with Crippen LogP contribution in [0.5, 0.6) is 5.88 Å². The van der Waals surface area contributed by atoms with Crippen molar-refractivity contribution in [2.24, 2.45) is 0 Å². The Labute approximate surface area is 71.2 Å². The van der Waals surface area contributed by atoms with Crippen LogP contribution >= 0.6 is 0 Å². The Morgan fingerprint density at radius 2 is 1.92 bits per heavy atom. The molecule has 6 heteroatoms. The Kier molecular flexibility index (Phi) is 2.40. The minimum atomic E-state index is -4.59. The molecule has 0 aliphatic heterocycles. The maximum absolute atomic E-state index is 12.5. The quantitative estimate of drug-likeness (QED) is 0.506. The topological polar surface area (TPSA) is 22.1 Å². The summed E-state index contributed by atoms with van der Waals surface area (Å²) < 4.78 is 52.9. The van der Waals surface area contributed by atoms with Crippen LogP contribution in [0.4, 0.5) is 17.6 Å². The predicted octanol–water partition coefficient (Wildman–Crippen LogP) is 2.25. The van der Waals surface area contributed by atoms with Crippen LogP contribution in [0.3, 0.4) is 0 Å². The highest BCUT2D eigenvalue weighted by atomic mass is 19.4. The Hall–Kier alpha value is -1.33. The van der Waals surface area contributed by atoms with Crippen molar-refractivity contribution in [2.75, 3.05) is 7.11 Å². The zero-order valence-electron chi connectivity index (χ0n) is 6.52. The van der Waals surface area contributed by atoms with E-state index in [9.17, 15) is 17.6 Å². The first-order valence-corrected chi connectivity index (χ1v) is 3.22. The molecule has 0 aliphatic carbocycles. The summed E-state index contributed by atoms with van der Waals surface area (Å²) in [6.45, 7) is 0. The number of aromatic nitrogens is 1. The van der Waals surface area contributed by atoms with E-state index in [0.29, 0.717) is 12.1 Å². The Bertz CT molecular complexity index is 310. The molecule has 1 heterocycles. The van der Waals surface area contributed by atoms with Crippen LogP contribution in [0.15, 0.2) is 12.1 Å². The maximum Gasteiger partial charge on any atom is 0.416 e. The highest BCUT2D eigenvalue weighted by Gasteiger charge is 2.31. The normalized spacial score (nSPS) is 11.5. The highest BCUT2D eigenvalue weighted by Crippen LogP contribution is 2.30. The first-order valence-electron chi connectivity index (χ1n) is 3.22. The third-order valence-electron chi connectivity index (χ3n) is 1.31. The molecule has 0 amide bonds. The lowest BCUT2D eigenvalue weighted by atomic mass is 10.2. The number of nitrogens with zero attached hydrogens (tertiary/aromatic N) is 1.